The highest BCUT2D eigenvalue weighted by Gasteiger charge is 2.55. The SMILES string of the molecule is Cc1ccc(S(=O)(=O)NC2CCC(F)(C(C)(c3cccc(Cl)c3Cl)N3CCNCC3)CC2)cc1. The van der Waals surface area contributed by atoms with Crippen LogP contribution < -0.4 is 10.0 Å². The number of sulfonamides is 1. The van der Waals surface area contributed by atoms with E-state index in [0.717, 1.165) is 18.7 Å². The highest BCUT2D eigenvalue weighted by atomic mass is 35.5. The molecule has 2 fully saturated rings. The predicted molar refractivity (Wildman–Crippen MR) is 136 cm³/mol. The first-order valence-corrected chi connectivity index (χ1v) is 14.0. The zero-order chi connectivity index (χ0) is 24.6. The van der Waals surface area contributed by atoms with Gasteiger partial charge in [0.25, 0.3) is 0 Å². The first-order valence-electron chi connectivity index (χ1n) is 11.7. The summed E-state index contributed by atoms with van der Waals surface area (Å²) in [5, 5.41) is 4.12. The quantitative estimate of drug-likeness (QED) is 0.551. The first-order chi connectivity index (χ1) is 16.1. The molecular formula is C25H32Cl2FN3O2S. The molecule has 1 aliphatic heterocycles. The largest absolute Gasteiger partial charge is 0.314 e. The molecule has 0 amide bonds. The second-order valence-corrected chi connectivity index (χ2v) is 12.1. The van der Waals surface area contributed by atoms with Gasteiger partial charge in [0.1, 0.15) is 5.67 Å². The number of piperazine rings is 1. The molecule has 1 saturated heterocycles. The third-order valence-corrected chi connectivity index (χ3v) is 9.88. The Morgan fingerprint density at radius 1 is 1.09 bits per heavy atom. The molecular weight excluding hydrogens is 496 g/mol. The van der Waals surface area contributed by atoms with Crippen molar-refractivity contribution >= 4 is 33.2 Å². The molecule has 34 heavy (non-hydrogen) atoms. The van der Waals surface area contributed by atoms with E-state index in [9.17, 15) is 8.42 Å². The summed E-state index contributed by atoms with van der Waals surface area (Å²) >= 11 is 13.0. The van der Waals surface area contributed by atoms with E-state index in [2.05, 4.69) is 14.9 Å². The molecule has 0 radical (unpaired) electrons. The highest BCUT2D eigenvalue weighted by Crippen LogP contribution is 2.52. The molecule has 5 nitrogen and oxygen atoms in total. The van der Waals surface area contributed by atoms with Crippen molar-refractivity contribution in [2.24, 2.45) is 0 Å². The number of hydrogen-bond donors (Lipinski definition) is 2. The van der Waals surface area contributed by atoms with Gasteiger partial charge in [-0.3, -0.25) is 4.90 Å². The minimum Gasteiger partial charge on any atom is -0.314 e. The summed E-state index contributed by atoms with van der Waals surface area (Å²) in [5.41, 5.74) is -0.905. The fourth-order valence-electron chi connectivity index (χ4n) is 5.37. The number of rotatable bonds is 6. The second-order valence-electron chi connectivity index (χ2n) is 9.58. The third kappa shape index (κ3) is 4.88. The summed E-state index contributed by atoms with van der Waals surface area (Å²) in [7, 11) is -3.66. The van der Waals surface area contributed by atoms with Gasteiger partial charge in [-0.25, -0.2) is 17.5 Å². The Morgan fingerprint density at radius 2 is 1.71 bits per heavy atom. The molecule has 186 valence electrons. The average Bonchev–Trinajstić information content (AvgIpc) is 2.82. The van der Waals surface area contributed by atoms with Gasteiger partial charge in [0.15, 0.2) is 0 Å². The number of hydrogen-bond acceptors (Lipinski definition) is 4. The number of nitrogens with one attached hydrogen (secondary N) is 2. The summed E-state index contributed by atoms with van der Waals surface area (Å²) in [6.07, 6.45) is 1.25. The number of alkyl halides is 1. The van der Waals surface area contributed by atoms with Crippen molar-refractivity contribution in [2.45, 2.75) is 61.7 Å². The van der Waals surface area contributed by atoms with Gasteiger partial charge < -0.3 is 5.32 Å². The summed E-state index contributed by atoms with van der Waals surface area (Å²) < 4.78 is 45.6. The third-order valence-electron chi connectivity index (χ3n) is 7.53. The smallest absolute Gasteiger partial charge is 0.240 e. The van der Waals surface area contributed by atoms with Crippen LogP contribution in [-0.4, -0.2) is 51.2 Å². The molecule has 2 N–H and O–H groups in total. The van der Waals surface area contributed by atoms with E-state index < -0.39 is 21.2 Å². The summed E-state index contributed by atoms with van der Waals surface area (Å²) in [4.78, 5) is 2.39. The lowest BCUT2D eigenvalue weighted by molar-refractivity contribution is -0.0829. The van der Waals surface area contributed by atoms with E-state index >= 15 is 4.39 Å². The fraction of sp³-hybridized carbons (Fsp3) is 0.520. The van der Waals surface area contributed by atoms with Gasteiger partial charge in [0.05, 0.1) is 20.5 Å². The maximum atomic E-state index is 17.0. The molecule has 1 unspecified atom stereocenters. The van der Waals surface area contributed by atoms with Gasteiger partial charge in [0.2, 0.25) is 10.0 Å². The Labute approximate surface area is 212 Å². The predicted octanol–water partition coefficient (Wildman–Crippen LogP) is 5.05. The molecule has 1 atom stereocenters. The summed E-state index contributed by atoms with van der Waals surface area (Å²) in [6.45, 7) is 6.74. The van der Waals surface area contributed by atoms with Crippen LogP contribution in [-0.2, 0) is 15.6 Å². The maximum Gasteiger partial charge on any atom is 0.240 e. The number of aryl methyl sites for hydroxylation is 1. The van der Waals surface area contributed by atoms with Gasteiger partial charge in [-0.05, 0) is 63.3 Å². The molecule has 1 heterocycles. The van der Waals surface area contributed by atoms with Gasteiger partial charge in [-0.15, -0.1) is 0 Å². The van der Waals surface area contributed by atoms with E-state index in [0.29, 0.717) is 41.5 Å². The van der Waals surface area contributed by atoms with E-state index in [-0.39, 0.29) is 23.8 Å². The first kappa shape index (κ1) is 25.9. The van der Waals surface area contributed by atoms with Gasteiger partial charge in [-0.2, -0.15) is 0 Å². The minimum absolute atomic E-state index is 0.220. The molecule has 0 aromatic heterocycles. The molecule has 2 aromatic carbocycles. The molecule has 0 spiro atoms. The van der Waals surface area contributed by atoms with Gasteiger partial charge >= 0.3 is 0 Å². The van der Waals surface area contributed by atoms with Crippen LogP contribution in [0.5, 0.6) is 0 Å². The van der Waals surface area contributed by atoms with Crippen LogP contribution in [0.3, 0.4) is 0 Å². The minimum atomic E-state index is -3.66. The van der Waals surface area contributed by atoms with Crippen molar-refractivity contribution in [3.63, 3.8) is 0 Å². The Hall–Kier alpha value is -1.22. The lowest BCUT2D eigenvalue weighted by atomic mass is 9.67. The molecule has 2 aromatic rings. The summed E-state index contributed by atoms with van der Waals surface area (Å²) in [5.74, 6) is 0. The lowest BCUT2D eigenvalue weighted by Crippen LogP contribution is -2.63. The zero-order valence-corrected chi connectivity index (χ0v) is 21.9. The van der Waals surface area contributed by atoms with E-state index in [1.54, 1.807) is 30.3 Å². The maximum absolute atomic E-state index is 17.0. The Morgan fingerprint density at radius 3 is 2.32 bits per heavy atom. The highest BCUT2D eigenvalue weighted by molar-refractivity contribution is 7.89. The fourth-order valence-corrected chi connectivity index (χ4v) is 7.16. The van der Waals surface area contributed by atoms with Crippen molar-refractivity contribution in [3.05, 3.63) is 63.6 Å². The monoisotopic (exact) mass is 527 g/mol. The van der Waals surface area contributed by atoms with Crippen LogP contribution in [0.25, 0.3) is 0 Å². The van der Waals surface area contributed by atoms with Crippen LogP contribution in [0.15, 0.2) is 47.4 Å². The number of benzene rings is 2. The van der Waals surface area contributed by atoms with Crippen molar-refractivity contribution in [1.82, 2.24) is 14.9 Å². The molecule has 2 aliphatic rings. The van der Waals surface area contributed by atoms with Crippen LogP contribution in [0.2, 0.25) is 10.0 Å². The van der Waals surface area contributed by atoms with E-state index in [4.69, 9.17) is 23.2 Å². The molecule has 4 rings (SSSR count). The topological polar surface area (TPSA) is 61.4 Å². The van der Waals surface area contributed by atoms with E-state index in [1.807, 2.05) is 26.0 Å². The molecule has 9 heteroatoms. The van der Waals surface area contributed by atoms with Gasteiger partial charge in [-0.1, -0.05) is 53.0 Å². The van der Waals surface area contributed by atoms with Crippen molar-refractivity contribution in [2.75, 3.05) is 26.2 Å². The second kappa shape index (κ2) is 10.0. The van der Waals surface area contributed by atoms with Crippen LogP contribution in [0.4, 0.5) is 4.39 Å². The lowest BCUT2D eigenvalue weighted by Gasteiger charge is -2.54. The van der Waals surface area contributed by atoms with Crippen molar-refractivity contribution < 1.29 is 12.8 Å². The molecule has 0 bridgehead atoms. The number of nitrogens with zero attached hydrogens (tertiary/aromatic N) is 1. The Balaban J connectivity index is 1.58. The standard InChI is InChI=1S/C25H32Cl2FN3O2S/c1-18-6-8-20(9-7-18)34(32,33)30-19-10-12-25(28,13-11-19)24(2,31-16-14-29-15-17-31)21-4-3-5-22(26)23(21)27/h3-9,19,29-30H,10-17H2,1-2H3. The van der Waals surface area contributed by atoms with Crippen LogP contribution >= 0.6 is 23.2 Å². The van der Waals surface area contributed by atoms with Crippen LogP contribution in [0, 0.1) is 6.92 Å². The Kier molecular flexibility index (Phi) is 7.63. The van der Waals surface area contributed by atoms with Crippen molar-refractivity contribution in [3.8, 4) is 0 Å². The zero-order valence-electron chi connectivity index (χ0n) is 19.6. The average molecular weight is 529 g/mol. The molecule has 1 aliphatic carbocycles. The van der Waals surface area contributed by atoms with Gasteiger partial charge in [0, 0.05) is 32.2 Å². The normalized spacial score (nSPS) is 26.2. The van der Waals surface area contributed by atoms with Crippen molar-refractivity contribution in [1.29, 1.82) is 0 Å². The van der Waals surface area contributed by atoms with E-state index in [1.165, 1.54) is 0 Å². The van der Waals surface area contributed by atoms with Crippen LogP contribution in [0.1, 0.15) is 43.7 Å². The number of halogens is 3. The summed E-state index contributed by atoms with van der Waals surface area (Å²) in [6, 6.07) is 11.8. The Bertz CT molecular complexity index is 1120. The molecule has 1 saturated carbocycles.